The van der Waals surface area contributed by atoms with Gasteiger partial charge in [0.25, 0.3) is 0 Å². The molecule has 150 valence electrons. The van der Waals surface area contributed by atoms with E-state index < -0.39 is 13.4 Å². The van der Waals surface area contributed by atoms with Crippen molar-refractivity contribution in [1.29, 1.82) is 0 Å². The van der Waals surface area contributed by atoms with Crippen LogP contribution in [0.3, 0.4) is 0 Å². The minimum absolute atomic E-state index is 0.179. The Balaban J connectivity index is 1.99. The summed E-state index contributed by atoms with van der Waals surface area (Å²) in [5, 5.41) is 3.50. The summed E-state index contributed by atoms with van der Waals surface area (Å²) in [7, 11) is -0.597. The molecule has 3 rings (SSSR count). The summed E-state index contributed by atoms with van der Waals surface area (Å²) >= 11 is 0. The highest BCUT2D eigenvalue weighted by atomic mass is 31.2. The molecule has 0 radical (unpaired) electrons. The van der Waals surface area contributed by atoms with Crippen molar-refractivity contribution in [2.75, 3.05) is 14.2 Å². The van der Waals surface area contributed by atoms with Crippen LogP contribution >= 0.6 is 7.60 Å². The second-order valence-electron chi connectivity index (χ2n) is 6.54. The Morgan fingerprint density at radius 1 is 0.759 bits per heavy atom. The topological polar surface area (TPSA) is 47.6 Å². The number of benzene rings is 3. The van der Waals surface area contributed by atoms with E-state index in [2.05, 4.69) is 5.32 Å². The van der Waals surface area contributed by atoms with Crippen LogP contribution in [-0.4, -0.2) is 20.0 Å². The maximum atomic E-state index is 13.3. The monoisotopic (exact) mass is 407 g/mol. The van der Waals surface area contributed by atoms with Crippen LogP contribution in [0.2, 0.25) is 0 Å². The molecule has 0 spiro atoms. The van der Waals surface area contributed by atoms with Gasteiger partial charge >= 0.3 is 7.60 Å². The SMILES string of the molecule is COP(=O)(OC)[C@H](C=Cc1ccccc1)NC(c1ccccc1)c1ccccc1. The molecule has 0 aliphatic rings. The smallest absolute Gasteiger partial charge is 0.311 e. The van der Waals surface area contributed by atoms with Crippen LogP contribution in [0.15, 0.2) is 97.1 Å². The minimum Gasteiger partial charge on any atom is -0.311 e. The Hall–Kier alpha value is -2.49. The van der Waals surface area contributed by atoms with E-state index in [9.17, 15) is 4.57 Å². The lowest BCUT2D eigenvalue weighted by Gasteiger charge is -2.28. The van der Waals surface area contributed by atoms with Gasteiger partial charge in [-0.2, -0.15) is 0 Å². The number of nitrogens with one attached hydrogen (secondary N) is 1. The minimum atomic E-state index is -3.42. The van der Waals surface area contributed by atoms with Gasteiger partial charge in [-0.3, -0.25) is 9.88 Å². The van der Waals surface area contributed by atoms with Gasteiger partial charge in [-0.05, 0) is 16.7 Å². The highest BCUT2D eigenvalue weighted by Crippen LogP contribution is 2.52. The second-order valence-corrected chi connectivity index (χ2v) is 8.91. The van der Waals surface area contributed by atoms with Crippen molar-refractivity contribution in [2.45, 2.75) is 11.8 Å². The molecule has 29 heavy (non-hydrogen) atoms. The molecule has 0 fully saturated rings. The van der Waals surface area contributed by atoms with E-state index in [0.717, 1.165) is 16.7 Å². The maximum absolute atomic E-state index is 13.3. The first-order valence-electron chi connectivity index (χ1n) is 9.46. The van der Waals surface area contributed by atoms with Crippen molar-refractivity contribution < 1.29 is 13.6 Å². The number of rotatable bonds is 9. The maximum Gasteiger partial charge on any atom is 0.350 e. The van der Waals surface area contributed by atoms with Crippen molar-refractivity contribution in [2.24, 2.45) is 0 Å². The molecule has 3 aromatic carbocycles. The fraction of sp³-hybridized carbons (Fsp3) is 0.167. The molecule has 0 aromatic heterocycles. The van der Waals surface area contributed by atoms with E-state index in [1.165, 1.54) is 14.2 Å². The normalized spacial score (nSPS) is 13.1. The van der Waals surface area contributed by atoms with Crippen LogP contribution in [0.1, 0.15) is 22.7 Å². The molecule has 0 saturated carbocycles. The Bertz CT molecular complexity index is 898. The summed E-state index contributed by atoms with van der Waals surface area (Å²) < 4.78 is 24.0. The van der Waals surface area contributed by atoms with Crippen molar-refractivity contribution in [3.05, 3.63) is 114 Å². The first kappa shape index (κ1) is 21.2. The fourth-order valence-corrected chi connectivity index (χ4v) is 4.40. The Morgan fingerprint density at radius 3 is 1.66 bits per heavy atom. The van der Waals surface area contributed by atoms with E-state index in [1.54, 1.807) is 0 Å². The first-order chi connectivity index (χ1) is 14.2. The van der Waals surface area contributed by atoms with Crippen LogP contribution in [0, 0.1) is 0 Å². The van der Waals surface area contributed by atoms with Gasteiger partial charge in [0.1, 0.15) is 5.78 Å². The van der Waals surface area contributed by atoms with Crippen LogP contribution in [0.5, 0.6) is 0 Å². The largest absolute Gasteiger partial charge is 0.350 e. The molecule has 0 amide bonds. The zero-order valence-electron chi connectivity index (χ0n) is 16.6. The van der Waals surface area contributed by atoms with Crippen molar-refractivity contribution in [1.82, 2.24) is 5.32 Å². The van der Waals surface area contributed by atoms with E-state index in [-0.39, 0.29) is 6.04 Å². The van der Waals surface area contributed by atoms with Gasteiger partial charge < -0.3 is 9.05 Å². The third-order valence-corrected chi connectivity index (χ3v) is 6.74. The molecule has 0 aliphatic heterocycles. The van der Waals surface area contributed by atoms with Gasteiger partial charge in [-0.15, -0.1) is 0 Å². The lowest BCUT2D eigenvalue weighted by Crippen LogP contribution is -2.33. The van der Waals surface area contributed by atoms with Crippen LogP contribution in [0.4, 0.5) is 0 Å². The van der Waals surface area contributed by atoms with E-state index in [0.29, 0.717) is 0 Å². The molecule has 0 saturated heterocycles. The molecule has 0 aliphatic carbocycles. The predicted molar refractivity (Wildman–Crippen MR) is 119 cm³/mol. The van der Waals surface area contributed by atoms with E-state index >= 15 is 0 Å². The highest BCUT2D eigenvalue weighted by Gasteiger charge is 2.34. The van der Waals surface area contributed by atoms with E-state index in [4.69, 9.17) is 9.05 Å². The zero-order valence-corrected chi connectivity index (χ0v) is 17.5. The molecule has 4 nitrogen and oxygen atoms in total. The van der Waals surface area contributed by atoms with Gasteiger partial charge in [0.2, 0.25) is 0 Å². The molecule has 1 atom stereocenters. The fourth-order valence-electron chi connectivity index (χ4n) is 3.17. The van der Waals surface area contributed by atoms with Gasteiger partial charge in [0, 0.05) is 14.2 Å². The molecular weight excluding hydrogens is 381 g/mol. The first-order valence-corrected chi connectivity index (χ1v) is 11.1. The summed E-state index contributed by atoms with van der Waals surface area (Å²) in [5.74, 6) is -0.636. The van der Waals surface area contributed by atoms with E-state index in [1.807, 2.05) is 103 Å². The molecule has 0 heterocycles. The summed E-state index contributed by atoms with van der Waals surface area (Å²) in [6, 6.07) is 29.8. The number of hydrogen-bond donors (Lipinski definition) is 1. The second kappa shape index (κ2) is 10.3. The van der Waals surface area contributed by atoms with Gasteiger partial charge in [-0.25, -0.2) is 0 Å². The zero-order chi connectivity index (χ0) is 20.5. The Morgan fingerprint density at radius 2 is 1.21 bits per heavy atom. The molecular formula is C24H26NO3P. The lowest BCUT2D eigenvalue weighted by molar-refractivity contribution is 0.263. The third kappa shape index (κ3) is 5.53. The summed E-state index contributed by atoms with van der Waals surface area (Å²) in [4.78, 5) is 0. The van der Waals surface area contributed by atoms with Crippen molar-refractivity contribution in [3.63, 3.8) is 0 Å². The van der Waals surface area contributed by atoms with Crippen molar-refractivity contribution in [3.8, 4) is 0 Å². The van der Waals surface area contributed by atoms with Crippen LogP contribution in [0.25, 0.3) is 6.08 Å². The number of hydrogen-bond acceptors (Lipinski definition) is 4. The average Bonchev–Trinajstić information content (AvgIpc) is 2.80. The summed E-state index contributed by atoms with van der Waals surface area (Å²) in [6.45, 7) is 0. The lowest BCUT2D eigenvalue weighted by atomic mass is 9.99. The predicted octanol–water partition coefficient (Wildman–Crippen LogP) is 5.89. The van der Waals surface area contributed by atoms with Crippen LogP contribution in [-0.2, 0) is 13.6 Å². The van der Waals surface area contributed by atoms with Crippen molar-refractivity contribution >= 4 is 13.7 Å². The summed E-state index contributed by atoms with van der Waals surface area (Å²) in [6.07, 6.45) is 3.78. The standard InChI is InChI=1S/C24H26NO3P/c1-27-29(26,28-2)23(19-18-20-12-6-3-7-13-20)25-24(21-14-8-4-9-15-21)22-16-10-5-11-17-22/h3-19,23-25H,1-2H3/t23-/m1/s1. The highest BCUT2D eigenvalue weighted by molar-refractivity contribution is 7.54. The van der Waals surface area contributed by atoms with Gasteiger partial charge in [-0.1, -0.05) is 103 Å². The average molecular weight is 407 g/mol. The quantitative estimate of drug-likeness (QED) is 0.449. The molecule has 0 unspecified atom stereocenters. The molecule has 5 heteroatoms. The molecule has 0 bridgehead atoms. The Labute approximate surface area is 172 Å². The van der Waals surface area contributed by atoms with Crippen LogP contribution < -0.4 is 5.32 Å². The molecule has 1 N–H and O–H groups in total. The third-order valence-electron chi connectivity index (χ3n) is 4.72. The summed E-state index contributed by atoms with van der Waals surface area (Å²) in [5.41, 5.74) is 3.14. The van der Waals surface area contributed by atoms with Gasteiger partial charge in [0.05, 0.1) is 6.04 Å². The Kier molecular flexibility index (Phi) is 7.56. The van der Waals surface area contributed by atoms with Gasteiger partial charge in [0.15, 0.2) is 0 Å². The molecule has 3 aromatic rings.